The van der Waals surface area contributed by atoms with Crippen LogP contribution in [0.1, 0.15) is 47.5 Å². The van der Waals surface area contributed by atoms with Crippen molar-refractivity contribution in [3.8, 4) is 0 Å². The van der Waals surface area contributed by atoms with Crippen molar-refractivity contribution in [2.45, 2.75) is 71.4 Å². The first-order chi connectivity index (χ1) is 11.4. The number of cyclic esters (lactones) is 1. The van der Waals surface area contributed by atoms with Gasteiger partial charge in [0.25, 0.3) is 0 Å². The van der Waals surface area contributed by atoms with Crippen LogP contribution in [0, 0.1) is 23.7 Å². The van der Waals surface area contributed by atoms with Gasteiger partial charge in [-0.1, -0.05) is 20.8 Å². The number of Topliss-reactive ketones (excluding diaryl/α,β-unsaturated/α-hetero) is 1. The fourth-order valence-corrected chi connectivity index (χ4v) is 3.40. The third kappa shape index (κ3) is 5.48. The zero-order chi connectivity index (χ0) is 19.5. The van der Waals surface area contributed by atoms with Crippen LogP contribution in [0.15, 0.2) is 0 Å². The molecule has 0 spiro atoms. The van der Waals surface area contributed by atoms with Gasteiger partial charge >= 0.3 is 5.97 Å². The number of rotatable bonds is 0. The Labute approximate surface area is 149 Å². The second-order valence-corrected chi connectivity index (χ2v) is 7.88. The molecule has 4 unspecified atom stereocenters. The number of carbonyl (C=O) groups excluding carboxylic acids is 2. The maximum absolute atomic E-state index is 12.5. The van der Waals surface area contributed by atoms with E-state index in [0.717, 1.165) is 0 Å². The molecule has 0 bridgehead atoms. The Hall–Kier alpha value is -1.02. The number of esters is 1. The fraction of sp³-hybridized carbons (Fsp3) is 0.889. The highest BCUT2D eigenvalue weighted by Crippen LogP contribution is 2.27. The zero-order valence-electron chi connectivity index (χ0n) is 15.7. The van der Waals surface area contributed by atoms with Gasteiger partial charge in [0.2, 0.25) is 0 Å². The Morgan fingerprint density at radius 1 is 1.00 bits per heavy atom. The SMILES string of the molecule is CC1C(=O)[C@H](C)CC(O)C[C@@H](C)[C@H](O)C(C)C(=O)OC[C@@](C)(O)C1O. The second kappa shape index (κ2) is 8.58. The summed E-state index contributed by atoms with van der Waals surface area (Å²) in [5, 5.41) is 41.3. The number of hydrogen-bond acceptors (Lipinski definition) is 7. The quantitative estimate of drug-likeness (QED) is 0.457. The van der Waals surface area contributed by atoms with Gasteiger partial charge in [-0.15, -0.1) is 0 Å². The predicted octanol–water partition coefficient (Wildman–Crippen LogP) is 0.271. The van der Waals surface area contributed by atoms with Gasteiger partial charge in [-0.2, -0.15) is 0 Å². The van der Waals surface area contributed by atoms with E-state index >= 15 is 0 Å². The van der Waals surface area contributed by atoms with Gasteiger partial charge in [0, 0.05) is 11.8 Å². The van der Waals surface area contributed by atoms with Gasteiger partial charge in [-0.3, -0.25) is 9.59 Å². The van der Waals surface area contributed by atoms with Crippen molar-refractivity contribution in [2.75, 3.05) is 6.61 Å². The van der Waals surface area contributed by atoms with Gasteiger partial charge in [0.15, 0.2) is 0 Å². The molecule has 8 atom stereocenters. The molecular weight excluding hydrogens is 328 g/mol. The van der Waals surface area contributed by atoms with Gasteiger partial charge in [-0.05, 0) is 32.6 Å². The molecule has 0 amide bonds. The van der Waals surface area contributed by atoms with E-state index in [1.54, 1.807) is 13.8 Å². The van der Waals surface area contributed by atoms with Crippen LogP contribution >= 0.6 is 0 Å². The first-order valence-electron chi connectivity index (χ1n) is 8.85. The Morgan fingerprint density at radius 3 is 2.12 bits per heavy atom. The molecule has 0 aromatic carbocycles. The number of aliphatic hydroxyl groups is 4. The molecule has 7 heteroatoms. The van der Waals surface area contributed by atoms with E-state index in [1.807, 2.05) is 0 Å². The third-order valence-corrected chi connectivity index (χ3v) is 5.29. The monoisotopic (exact) mass is 360 g/mol. The van der Waals surface area contributed by atoms with Crippen molar-refractivity contribution in [2.24, 2.45) is 23.7 Å². The molecule has 1 fully saturated rings. The van der Waals surface area contributed by atoms with E-state index in [0.29, 0.717) is 0 Å². The molecule has 1 heterocycles. The average molecular weight is 360 g/mol. The van der Waals surface area contributed by atoms with Crippen molar-refractivity contribution >= 4 is 11.8 Å². The molecule has 4 N–H and O–H groups in total. The van der Waals surface area contributed by atoms with E-state index in [9.17, 15) is 30.0 Å². The molecule has 0 aliphatic carbocycles. The highest BCUT2D eigenvalue weighted by Gasteiger charge is 2.41. The lowest BCUT2D eigenvalue weighted by Gasteiger charge is -2.34. The van der Waals surface area contributed by atoms with Crippen molar-refractivity contribution in [3.05, 3.63) is 0 Å². The first kappa shape index (κ1) is 22.0. The zero-order valence-corrected chi connectivity index (χ0v) is 15.7. The number of ether oxygens (including phenoxy) is 1. The normalized spacial score (nSPS) is 45.6. The van der Waals surface area contributed by atoms with Crippen LogP contribution < -0.4 is 0 Å². The molecule has 7 nitrogen and oxygen atoms in total. The molecule has 1 aliphatic rings. The van der Waals surface area contributed by atoms with E-state index in [4.69, 9.17) is 4.74 Å². The molecule has 1 saturated heterocycles. The summed E-state index contributed by atoms with van der Waals surface area (Å²) in [6.45, 7) is 7.23. The van der Waals surface area contributed by atoms with Crippen molar-refractivity contribution < 1.29 is 34.8 Å². The van der Waals surface area contributed by atoms with Crippen molar-refractivity contribution in [1.82, 2.24) is 0 Å². The molecular formula is C18H32O7. The Balaban J connectivity index is 3.09. The first-order valence-corrected chi connectivity index (χ1v) is 8.85. The molecule has 1 aliphatic heterocycles. The van der Waals surface area contributed by atoms with Crippen LogP contribution in [0.2, 0.25) is 0 Å². The minimum Gasteiger partial charge on any atom is -0.462 e. The summed E-state index contributed by atoms with van der Waals surface area (Å²) in [4.78, 5) is 24.6. The number of carbonyl (C=O) groups is 2. The van der Waals surface area contributed by atoms with Crippen molar-refractivity contribution in [1.29, 1.82) is 0 Å². The molecule has 0 aromatic heterocycles. The topological polar surface area (TPSA) is 124 Å². The lowest BCUT2D eigenvalue weighted by atomic mass is 9.80. The lowest BCUT2D eigenvalue weighted by molar-refractivity contribution is -0.172. The molecule has 1 rings (SSSR count). The van der Waals surface area contributed by atoms with E-state index in [2.05, 4.69) is 0 Å². The third-order valence-electron chi connectivity index (χ3n) is 5.29. The van der Waals surface area contributed by atoms with Gasteiger partial charge in [0.05, 0.1) is 24.2 Å². The fourth-order valence-electron chi connectivity index (χ4n) is 3.40. The van der Waals surface area contributed by atoms with Gasteiger partial charge < -0.3 is 25.2 Å². The summed E-state index contributed by atoms with van der Waals surface area (Å²) in [5.41, 5.74) is -1.80. The Morgan fingerprint density at radius 2 is 1.56 bits per heavy atom. The number of ketones is 1. The van der Waals surface area contributed by atoms with E-state index in [1.165, 1.54) is 20.8 Å². The smallest absolute Gasteiger partial charge is 0.311 e. The standard InChI is InChI=1S/C18H32O7/c1-9-6-13(19)7-10(2)15(21)12(4)17(23)25-8-18(5,24)16(22)11(3)14(9)20/h9-13,15-16,19,21-22,24H,6-8H2,1-5H3/t9-,10-,11?,12?,13?,15+,16?,18-/m1/s1. The molecule has 146 valence electrons. The maximum atomic E-state index is 12.5. The van der Waals surface area contributed by atoms with E-state index < -0.39 is 54.2 Å². The van der Waals surface area contributed by atoms with Crippen molar-refractivity contribution in [3.63, 3.8) is 0 Å². The molecule has 25 heavy (non-hydrogen) atoms. The highest BCUT2D eigenvalue weighted by atomic mass is 16.5. The van der Waals surface area contributed by atoms with Crippen LogP contribution in [-0.4, -0.2) is 62.7 Å². The van der Waals surface area contributed by atoms with Crippen LogP contribution in [0.3, 0.4) is 0 Å². The van der Waals surface area contributed by atoms with Gasteiger partial charge in [0.1, 0.15) is 18.0 Å². The summed E-state index contributed by atoms with van der Waals surface area (Å²) in [6.07, 6.45) is -2.84. The summed E-state index contributed by atoms with van der Waals surface area (Å²) in [5.74, 6) is -3.58. The summed E-state index contributed by atoms with van der Waals surface area (Å²) in [6, 6.07) is 0. The number of hydrogen-bond donors (Lipinski definition) is 4. The average Bonchev–Trinajstić information content (AvgIpc) is 2.55. The number of aliphatic hydroxyl groups excluding tert-OH is 3. The van der Waals surface area contributed by atoms with Crippen LogP contribution in [0.5, 0.6) is 0 Å². The van der Waals surface area contributed by atoms with E-state index in [-0.39, 0.29) is 24.5 Å². The Bertz CT molecular complexity index is 476. The van der Waals surface area contributed by atoms with Crippen LogP contribution in [0.25, 0.3) is 0 Å². The second-order valence-electron chi connectivity index (χ2n) is 7.88. The molecule has 0 radical (unpaired) electrons. The lowest BCUT2D eigenvalue weighted by Crippen LogP contribution is -2.51. The largest absolute Gasteiger partial charge is 0.462 e. The molecule has 0 saturated carbocycles. The van der Waals surface area contributed by atoms with Crippen LogP contribution in [-0.2, 0) is 14.3 Å². The molecule has 0 aromatic rings. The van der Waals surface area contributed by atoms with Gasteiger partial charge in [-0.25, -0.2) is 0 Å². The maximum Gasteiger partial charge on any atom is 0.311 e. The minimum atomic E-state index is -1.80. The summed E-state index contributed by atoms with van der Waals surface area (Å²) in [7, 11) is 0. The Kier molecular flexibility index (Phi) is 7.55. The van der Waals surface area contributed by atoms with Crippen LogP contribution in [0.4, 0.5) is 0 Å². The minimum absolute atomic E-state index is 0.188. The highest BCUT2D eigenvalue weighted by molar-refractivity contribution is 5.83. The predicted molar refractivity (Wildman–Crippen MR) is 90.5 cm³/mol. The summed E-state index contributed by atoms with van der Waals surface area (Å²) < 4.78 is 5.06. The summed E-state index contributed by atoms with van der Waals surface area (Å²) >= 11 is 0.